The van der Waals surface area contributed by atoms with Crippen LogP contribution in [0.15, 0.2) is 41.9 Å². The number of carbonyl (C=O) groups is 2. The zero-order chi connectivity index (χ0) is 20.4. The molecule has 1 aliphatic rings. The molecule has 7 nitrogen and oxygen atoms in total. The van der Waals surface area contributed by atoms with E-state index in [-0.39, 0.29) is 5.91 Å². The fourth-order valence-corrected chi connectivity index (χ4v) is 4.68. The summed E-state index contributed by atoms with van der Waals surface area (Å²) in [4.78, 5) is 32.5. The van der Waals surface area contributed by atoms with E-state index in [0.717, 1.165) is 36.1 Å². The predicted octanol–water partition coefficient (Wildman–Crippen LogP) is 3.13. The molecule has 29 heavy (non-hydrogen) atoms. The molecule has 0 unspecified atom stereocenters. The molecule has 1 atom stereocenters. The van der Waals surface area contributed by atoms with E-state index in [4.69, 9.17) is 0 Å². The van der Waals surface area contributed by atoms with Gasteiger partial charge in [-0.15, -0.1) is 11.3 Å². The van der Waals surface area contributed by atoms with E-state index in [9.17, 15) is 14.7 Å². The van der Waals surface area contributed by atoms with Gasteiger partial charge in [0, 0.05) is 72.9 Å². The van der Waals surface area contributed by atoms with Crippen molar-refractivity contribution in [3.8, 4) is 0 Å². The van der Waals surface area contributed by atoms with Crippen LogP contribution in [0.1, 0.15) is 23.4 Å². The van der Waals surface area contributed by atoms with Crippen LogP contribution >= 0.6 is 11.3 Å². The Balaban J connectivity index is 1.53. The first-order chi connectivity index (χ1) is 14.0. The standard InChI is InChI=1S/C21H24N4O3S/c1-14(26)23-15-4-5-19-17(11-15)18(12-22-19)20(21(27)28)25-8-6-24(7-9-25)13-16-3-2-10-29-16/h2-5,10-12,20,22H,6-9,13H2,1H3,(H,23,26)(H,27,28)/t20-/m0/s1. The van der Waals surface area contributed by atoms with Gasteiger partial charge in [0.25, 0.3) is 0 Å². The molecule has 152 valence electrons. The van der Waals surface area contributed by atoms with E-state index in [1.165, 1.54) is 11.8 Å². The van der Waals surface area contributed by atoms with Crippen molar-refractivity contribution < 1.29 is 14.7 Å². The fraction of sp³-hybridized carbons (Fsp3) is 0.333. The first-order valence-electron chi connectivity index (χ1n) is 9.61. The van der Waals surface area contributed by atoms with Crippen LogP contribution in [-0.4, -0.2) is 57.9 Å². The summed E-state index contributed by atoms with van der Waals surface area (Å²) in [6.45, 7) is 5.43. The molecule has 0 saturated carbocycles. The number of carboxylic acid groups (broad SMARTS) is 1. The largest absolute Gasteiger partial charge is 0.480 e. The lowest BCUT2D eigenvalue weighted by Crippen LogP contribution is -2.48. The summed E-state index contributed by atoms with van der Waals surface area (Å²) in [6, 6.07) is 8.98. The average Bonchev–Trinajstić information content (AvgIpc) is 3.33. The van der Waals surface area contributed by atoms with Gasteiger partial charge < -0.3 is 15.4 Å². The molecule has 1 fully saturated rings. The van der Waals surface area contributed by atoms with Gasteiger partial charge >= 0.3 is 5.97 Å². The number of aliphatic carboxylic acids is 1. The number of carboxylic acids is 1. The molecule has 8 heteroatoms. The van der Waals surface area contributed by atoms with Crippen molar-refractivity contribution in [3.63, 3.8) is 0 Å². The molecule has 1 aromatic carbocycles. The molecule has 1 aliphatic heterocycles. The summed E-state index contributed by atoms with van der Waals surface area (Å²) < 4.78 is 0. The zero-order valence-corrected chi connectivity index (χ0v) is 17.0. The van der Waals surface area contributed by atoms with E-state index in [1.807, 2.05) is 23.1 Å². The summed E-state index contributed by atoms with van der Waals surface area (Å²) in [5.74, 6) is -1.01. The lowest BCUT2D eigenvalue weighted by Gasteiger charge is -2.37. The Kier molecular flexibility index (Phi) is 5.66. The van der Waals surface area contributed by atoms with E-state index in [2.05, 4.69) is 32.7 Å². The molecular weight excluding hydrogens is 388 g/mol. The number of hydrogen-bond donors (Lipinski definition) is 3. The first kappa shape index (κ1) is 19.6. The molecule has 3 N–H and O–H groups in total. The summed E-state index contributed by atoms with van der Waals surface area (Å²) in [5.41, 5.74) is 2.25. The zero-order valence-electron chi connectivity index (χ0n) is 16.2. The number of rotatable bonds is 6. The highest BCUT2D eigenvalue weighted by Gasteiger charge is 2.32. The van der Waals surface area contributed by atoms with Gasteiger partial charge in [0.05, 0.1) is 0 Å². The maximum Gasteiger partial charge on any atom is 0.325 e. The van der Waals surface area contributed by atoms with Gasteiger partial charge in [-0.3, -0.25) is 19.4 Å². The lowest BCUT2D eigenvalue weighted by atomic mass is 10.0. The minimum atomic E-state index is -0.859. The molecule has 0 spiro atoms. The Bertz CT molecular complexity index is 1010. The molecule has 1 saturated heterocycles. The van der Waals surface area contributed by atoms with E-state index in [1.54, 1.807) is 17.5 Å². The number of amides is 1. The molecule has 2 aromatic heterocycles. The van der Waals surface area contributed by atoms with E-state index >= 15 is 0 Å². The molecule has 0 radical (unpaired) electrons. The van der Waals surface area contributed by atoms with Crippen LogP contribution < -0.4 is 5.32 Å². The highest BCUT2D eigenvalue weighted by atomic mass is 32.1. The van der Waals surface area contributed by atoms with Gasteiger partial charge in [0.15, 0.2) is 0 Å². The van der Waals surface area contributed by atoms with Crippen LogP contribution in [0.4, 0.5) is 5.69 Å². The number of piperazine rings is 1. The molecule has 4 rings (SSSR count). The third-order valence-electron chi connectivity index (χ3n) is 5.29. The van der Waals surface area contributed by atoms with Crippen LogP contribution in [0.25, 0.3) is 10.9 Å². The maximum atomic E-state index is 12.2. The minimum absolute atomic E-state index is 0.155. The Labute approximate surface area is 172 Å². The molecule has 0 aliphatic carbocycles. The highest BCUT2D eigenvalue weighted by Crippen LogP contribution is 2.31. The Hall–Kier alpha value is -2.68. The minimum Gasteiger partial charge on any atom is -0.480 e. The van der Waals surface area contributed by atoms with Gasteiger partial charge in [-0.2, -0.15) is 0 Å². The van der Waals surface area contributed by atoms with Crippen LogP contribution in [0.5, 0.6) is 0 Å². The number of aromatic nitrogens is 1. The van der Waals surface area contributed by atoms with Crippen LogP contribution in [0.3, 0.4) is 0 Å². The van der Waals surface area contributed by atoms with Gasteiger partial charge in [-0.1, -0.05) is 6.07 Å². The number of fused-ring (bicyclic) bond motifs is 1. The van der Waals surface area contributed by atoms with Crippen molar-refractivity contribution in [1.29, 1.82) is 0 Å². The molecular formula is C21H24N4O3S. The smallest absolute Gasteiger partial charge is 0.325 e. The third kappa shape index (κ3) is 4.34. The number of benzene rings is 1. The predicted molar refractivity (Wildman–Crippen MR) is 114 cm³/mol. The second-order valence-corrected chi connectivity index (χ2v) is 8.35. The summed E-state index contributed by atoms with van der Waals surface area (Å²) in [5, 5.41) is 15.7. The number of nitrogens with one attached hydrogen (secondary N) is 2. The molecule has 0 bridgehead atoms. The quantitative estimate of drug-likeness (QED) is 0.579. The van der Waals surface area contributed by atoms with Gasteiger partial charge in [-0.05, 0) is 29.6 Å². The second-order valence-electron chi connectivity index (χ2n) is 7.32. The summed E-state index contributed by atoms with van der Waals surface area (Å²) in [6.07, 6.45) is 1.78. The number of aromatic amines is 1. The van der Waals surface area contributed by atoms with E-state index < -0.39 is 12.0 Å². The second kappa shape index (κ2) is 8.36. The van der Waals surface area contributed by atoms with Crippen molar-refractivity contribution >= 4 is 39.8 Å². The fourth-order valence-electron chi connectivity index (χ4n) is 3.94. The molecule has 3 aromatic rings. The topological polar surface area (TPSA) is 88.7 Å². The number of nitrogens with zero attached hydrogens (tertiary/aromatic N) is 2. The Morgan fingerprint density at radius 3 is 2.69 bits per heavy atom. The van der Waals surface area contributed by atoms with Crippen molar-refractivity contribution in [2.24, 2.45) is 0 Å². The third-order valence-corrected chi connectivity index (χ3v) is 6.16. The normalized spacial score (nSPS) is 16.7. The van der Waals surface area contributed by atoms with Gasteiger partial charge in [0.1, 0.15) is 6.04 Å². The summed E-state index contributed by atoms with van der Waals surface area (Å²) >= 11 is 1.75. The molecule has 3 heterocycles. The average molecular weight is 413 g/mol. The maximum absolute atomic E-state index is 12.2. The van der Waals surface area contributed by atoms with Crippen LogP contribution in [0.2, 0.25) is 0 Å². The first-order valence-corrected chi connectivity index (χ1v) is 10.5. The van der Waals surface area contributed by atoms with Crippen molar-refractivity contribution in [3.05, 3.63) is 52.3 Å². The van der Waals surface area contributed by atoms with Crippen molar-refractivity contribution in [1.82, 2.24) is 14.8 Å². The number of anilines is 1. The number of H-pyrrole nitrogens is 1. The summed E-state index contributed by atoms with van der Waals surface area (Å²) in [7, 11) is 0. The van der Waals surface area contributed by atoms with Crippen molar-refractivity contribution in [2.75, 3.05) is 31.5 Å². The number of carbonyl (C=O) groups excluding carboxylic acids is 1. The SMILES string of the molecule is CC(=O)Nc1ccc2[nH]cc([C@@H](C(=O)O)N3CCN(Cc4cccs4)CC3)c2c1. The van der Waals surface area contributed by atoms with E-state index in [0.29, 0.717) is 18.8 Å². The van der Waals surface area contributed by atoms with Crippen LogP contribution in [-0.2, 0) is 16.1 Å². The lowest BCUT2D eigenvalue weighted by molar-refractivity contribution is -0.144. The molecule has 1 amide bonds. The number of hydrogen-bond acceptors (Lipinski definition) is 5. The Morgan fingerprint density at radius 1 is 1.24 bits per heavy atom. The Morgan fingerprint density at radius 2 is 2.03 bits per heavy atom. The van der Waals surface area contributed by atoms with Crippen LogP contribution in [0, 0.1) is 0 Å². The van der Waals surface area contributed by atoms with Gasteiger partial charge in [-0.25, -0.2) is 0 Å². The number of thiophene rings is 1. The monoisotopic (exact) mass is 412 g/mol. The highest BCUT2D eigenvalue weighted by molar-refractivity contribution is 7.09. The van der Waals surface area contributed by atoms with Gasteiger partial charge in [0.2, 0.25) is 5.91 Å². The van der Waals surface area contributed by atoms with Crippen molar-refractivity contribution in [2.45, 2.75) is 19.5 Å².